The standard InChI is InChI=1S/C10H10N2O/c1-8-2-3-10-11-6-9(4-5-13)12(10)7-8/h2-3,5-7H,4H2,1H3. The minimum absolute atomic E-state index is 0.421. The second-order valence-corrected chi connectivity index (χ2v) is 3.05. The van der Waals surface area contributed by atoms with Gasteiger partial charge in [-0.3, -0.25) is 0 Å². The topological polar surface area (TPSA) is 34.4 Å². The molecule has 0 N–H and O–H groups in total. The highest BCUT2D eigenvalue weighted by Gasteiger charge is 2.01. The van der Waals surface area contributed by atoms with E-state index in [1.54, 1.807) is 6.20 Å². The summed E-state index contributed by atoms with van der Waals surface area (Å²) in [5, 5.41) is 0. The van der Waals surface area contributed by atoms with Gasteiger partial charge >= 0.3 is 0 Å². The summed E-state index contributed by atoms with van der Waals surface area (Å²) in [4.78, 5) is 14.5. The number of rotatable bonds is 2. The van der Waals surface area contributed by atoms with Gasteiger partial charge in [-0.1, -0.05) is 6.07 Å². The van der Waals surface area contributed by atoms with E-state index in [0.717, 1.165) is 23.2 Å². The lowest BCUT2D eigenvalue weighted by Crippen LogP contribution is -1.93. The lowest BCUT2D eigenvalue weighted by Gasteiger charge is -1.98. The average molecular weight is 174 g/mol. The highest BCUT2D eigenvalue weighted by molar-refractivity contribution is 5.55. The molecule has 3 nitrogen and oxygen atoms in total. The first-order valence-electron chi connectivity index (χ1n) is 4.17. The fraction of sp³-hybridized carbons (Fsp3) is 0.200. The Balaban J connectivity index is 2.64. The van der Waals surface area contributed by atoms with Crippen LogP contribution in [0, 0.1) is 6.92 Å². The predicted molar refractivity (Wildman–Crippen MR) is 49.7 cm³/mol. The number of imidazole rings is 1. The molecule has 0 aliphatic rings. The van der Waals surface area contributed by atoms with Gasteiger partial charge in [0.2, 0.25) is 0 Å². The first-order valence-corrected chi connectivity index (χ1v) is 4.17. The van der Waals surface area contributed by atoms with Crippen LogP contribution in [0.3, 0.4) is 0 Å². The van der Waals surface area contributed by atoms with Crippen molar-refractivity contribution in [1.29, 1.82) is 0 Å². The molecule has 0 aromatic carbocycles. The van der Waals surface area contributed by atoms with Crippen LogP contribution in [0.1, 0.15) is 11.3 Å². The van der Waals surface area contributed by atoms with Crippen molar-refractivity contribution in [3.8, 4) is 0 Å². The largest absolute Gasteiger partial charge is 0.303 e. The number of hydrogen-bond acceptors (Lipinski definition) is 2. The normalized spacial score (nSPS) is 10.5. The minimum atomic E-state index is 0.421. The Morgan fingerprint density at radius 3 is 3.15 bits per heavy atom. The quantitative estimate of drug-likeness (QED) is 0.645. The highest BCUT2D eigenvalue weighted by atomic mass is 16.1. The summed E-state index contributed by atoms with van der Waals surface area (Å²) >= 11 is 0. The van der Waals surface area contributed by atoms with Crippen LogP contribution >= 0.6 is 0 Å². The number of aldehydes is 1. The molecule has 0 radical (unpaired) electrons. The molecular formula is C10H10N2O. The Morgan fingerprint density at radius 2 is 2.38 bits per heavy atom. The second kappa shape index (κ2) is 3.01. The zero-order chi connectivity index (χ0) is 9.26. The Morgan fingerprint density at radius 1 is 1.54 bits per heavy atom. The molecule has 0 aliphatic heterocycles. The third-order valence-corrected chi connectivity index (χ3v) is 2.02. The minimum Gasteiger partial charge on any atom is -0.303 e. The van der Waals surface area contributed by atoms with Crippen molar-refractivity contribution in [2.45, 2.75) is 13.3 Å². The van der Waals surface area contributed by atoms with Crippen LogP contribution in [-0.4, -0.2) is 15.7 Å². The van der Waals surface area contributed by atoms with Crippen LogP contribution in [0.25, 0.3) is 5.65 Å². The maximum atomic E-state index is 10.4. The van der Waals surface area contributed by atoms with Crippen molar-refractivity contribution in [3.63, 3.8) is 0 Å². The number of aryl methyl sites for hydroxylation is 1. The molecule has 0 atom stereocenters. The molecule has 0 spiro atoms. The molecule has 0 unspecified atom stereocenters. The molecular weight excluding hydrogens is 164 g/mol. The summed E-state index contributed by atoms with van der Waals surface area (Å²) < 4.78 is 1.95. The molecule has 0 amide bonds. The van der Waals surface area contributed by atoms with E-state index in [0.29, 0.717) is 6.42 Å². The van der Waals surface area contributed by atoms with Gasteiger partial charge in [-0.05, 0) is 18.6 Å². The summed E-state index contributed by atoms with van der Waals surface area (Å²) in [7, 11) is 0. The van der Waals surface area contributed by atoms with Crippen molar-refractivity contribution in [1.82, 2.24) is 9.38 Å². The zero-order valence-corrected chi connectivity index (χ0v) is 7.40. The Bertz CT molecular complexity index is 445. The molecule has 13 heavy (non-hydrogen) atoms. The monoisotopic (exact) mass is 174 g/mol. The van der Waals surface area contributed by atoms with Gasteiger partial charge in [-0.15, -0.1) is 0 Å². The number of carbonyl (C=O) groups excluding carboxylic acids is 1. The van der Waals surface area contributed by atoms with Gasteiger partial charge in [-0.2, -0.15) is 0 Å². The van der Waals surface area contributed by atoms with E-state index >= 15 is 0 Å². The lowest BCUT2D eigenvalue weighted by molar-refractivity contribution is -0.107. The van der Waals surface area contributed by atoms with Crippen molar-refractivity contribution in [3.05, 3.63) is 35.8 Å². The number of pyridine rings is 1. The van der Waals surface area contributed by atoms with Crippen molar-refractivity contribution in [2.24, 2.45) is 0 Å². The van der Waals surface area contributed by atoms with E-state index in [9.17, 15) is 4.79 Å². The highest BCUT2D eigenvalue weighted by Crippen LogP contribution is 2.08. The van der Waals surface area contributed by atoms with Gasteiger partial charge in [0.15, 0.2) is 0 Å². The molecule has 2 aromatic heterocycles. The van der Waals surface area contributed by atoms with Gasteiger partial charge in [0.1, 0.15) is 11.9 Å². The van der Waals surface area contributed by atoms with E-state index in [-0.39, 0.29) is 0 Å². The molecule has 0 fully saturated rings. The molecule has 2 aromatic rings. The van der Waals surface area contributed by atoms with Gasteiger partial charge in [0.25, 0.3) is 0 Å². The van der Waals surface area contributed by atoms with E-state index in [1.165, 1.54) is 0 Å². The first-order chi connectivity index (χ1) is 6.31. The van der Waals surface area contributed by atoms with Gasteiger partial charge in [0.05, 0.1) is 0 Å². The summed E-state index contributed by atoms with van der Waals surface area (Å²) in [5.74, 6) is 0. The van der Waals surface area contributed by atoms with Gasteiger partial charge < -0.3 is 9.20 Å². The molecule has 2 rings (SSSR count). The third-order valence-electron chi connectivity index (χ3n) is 2.02. The predicted octanol–water partition coefficient (Wildman–Crippen LogP) is 1.38. The van der Waals surface area contributed by atoms with Crippen molar-refractivity contribution in [2.75, 3.05) is 0 Å². The van der Waals surface area contributed by atoms with E-state index < -0.39 is 0 Å². The average Bonchev–Trinajstić information content (AvgIpc) is 2.49. The maximum absolute atomic E-state index is 10.4. The maximum Gasteiger partial charge on any atom is 0.136 e. The number of fused-ring (bicyclic) bond motifs is 1. The van der Waals surface area contributed by atoms with Gasteiger partial charge in [-0.25, -0.2) is 4.98 Å². The second-order valence-electron chi connectivity index (χ2n) is 3.05. The Kier molecular flexibility index (Phi) is 1.85. The molecule has 3 heteroatoms. The van der Waals surface area contributed by atoms with Gasteiger partial charge in [0, 0.05) is 24.5 Å². The molecule has 66 valence electrons. The van der Waals surface area contributed by atoms with E-state index in [1.807, 2.05) is 29.7 Å². The van der Waals surface area contributed by atoms with E-state index in [2.05, 4.69) is 4.98 Å². The molecule has 0 saturated carbocycles. The molecule has 0 bridgehead atoms. The lowest BCUT2D eigenvalue weighted by atomic mass is 10.3. The van der Waals surface area contributed by atoms with Crippen LogP contribution in [0.5, 0.6) is 0 Å². The van der Waals surface area contributed by atoms with Crippen LogP contribution in [-0.2, 0) is 11.2 Å². The number of nitrogens with zero attached hydrogens (tertiary/aromatic N) is 2. The summed E-state index contributed by atoms with van der Waals surface area (Å²) in [6, 6.07) is 3.96. The third kappa shape index (κ3) is 1.33. The first kappa shape index (κ1) is 7.98. The molecule has 0 aliphatic carbocycles. The number of hydrogen-bond donors (Lipinski definition) is 0. The van der Waals surface area contributed by atoms with Crippen LogP contribution < -0.4 is 0 Å². The summed E-state index contributed by atoms with van der Waals surface area (Å²) in [6.07, 6.45) is 5.04. The SMILES string of the molecule is Cc1ccc2ncc(CC=O)n2c1. The number of aromatic nitrogens is 2. The van der Waals surface area contributed by atoms with Crippen LogP contribution in [0.2, 0.25) is 0 Å². The van der Waals surface area contributed by atoms with E-state index in [4.69, 9.17) is 0 Å². The van der Waals surface area contributed by atoms with Crippen molar-refractivity contribution >= 4 is 11.9 Å². The van der Waals surface area contributed by atoms with Crippen LogP contribution in [0.15, 0.2) is 24.5 Å². The zero-order valence-electron chi connectivity index (χ0n) is 7.40. The summed E-state index contributed by atoms with van der Waals surface area (Å²) in [6.45, 7) is 2.02. The summed E-state index contributed by atoms with van der Waals surface area (Å²) in [5.41, 5.74) is 2.99. The number of carbonyl (C=O) groups is 1. The van der Waals surface area contributed by atoms with Crippen molar-refractivity contribution < 1.29 is 4.79 Å². The molecule has 2 heterocycles. The molecule has 0 saturated heterocycles. The Labute approximate surface area is 76.0 Å². The fourth-order valence-corrected chi connectivity index (χ4v) is 1.37. The fourth-order valence-electron chi connectivity index (χ4n) is 1.37. The van der Waals surface area contributed by atoms with Crippen LogP contribution in [0.4, 0.5) is 0 Å². The smallest absolute Gasteiger partial charge is 0.136 e. The Hall–Kier alpha value is -1.64.